The molecule has 3 nitrogen and oxygen atoms in total. The second-order valence-electron chi connectivity index (χ2n) is 4.02. The van der Waals surface area contributed by atoms with Crippen molar-refractivity contribution in [1.29, 1.82) is 5.26 Å². The molecule has 0 aromatic heterocycles. The lowest BCUT2D eigenvalue weighted by Gasteiger charge is -2.06. The van der Waals surface area contributed by atoms with Crippen molar-refractivity contribution in [3.63, 3.8) is 0 Å². The molecule has 0 heterocycles. The highest BCUT2D eigenvalue weighted by Gasteiger charge is 2.01. The highest BCUT2D eigenvalue weighted by molar-refractivity contribution is 7.80. The summed E-state index contributed by atoms with van der Waals surface area (Å²) in [5, 5.41) is 8.95. The third-order valence-electron chi connectivity index (χ3n) is 2.53. The van der Waals surface area contributed by atoms with Crippen molar-refractivity contribution < 1.29 is 4.74 Å². The number of nitrogens with zero attached hydrogens (tertiary/aromatic N) is 1. The van der Waals surface area contributed by atoms with Crippen LogP contribution >= 0.6 is 12.2 Å². The van der Waals surface area contributed by atoms with Gasteiger partial charge < -0.3 is 10.5 Å². The zero-order valence-corrected chi connectivity index (χ0v) is 11.4. The normalized spacial score (nSPS) is 10.7. The average Bonchev–Trinajstić information content (AvgIpc) is 2.46. The van der Waals surface area contributed by atoms with E-state index in [0.717, 1.165) is 11.3 Å². The molecule has 0 saturated heterocycles. The van der Waals surface area contributed by atoms with E-state index in [9.17, 15) is 0 Å². The smallest absolute Gasteiger partial charge is 0.128 e. The summed E-state index contributed by atoms with van der Waals surface area (Å²) < 4.78 is 5.72. The van der Waals surface area contributed by atoms with Crippen molar-refractivity contribution in [2.24, 2.45) is 5.73 Å². The van der Waals surface area contributed by atoms with Gasteiger partial charge in [-0.15, -0.1) is 0 Å². The molecular formula is C16H12N2OS. The van der Waals surface area contributed by atoms with Gasteiger partial charge in [0.25, 0.3) is 0 Å². The van der Waals surface area contributed by atoms with Crippen LogP contribution in [0.2, 0.25) is 0 Å². The summed E-state index contributed by atoms with van der Waals surface area (Å²) in [4.78, 5) is 0.0851. The summed E-state index contributed by atoms with van der Waals surface area (Å²) in [6.07, 6.45) is 1.64. The van der Waals surface area contributed by atoms with Crippen molar-refractivity contribution in [1.82, 2.24) is 0 Å². The fourth-order valence-electron chi connectivity index (χ4n) is 1.62. The zero-order valence-electron chi connectivity index (χ0n) is 10.6. The summed E-state index contributed by atoms with van der Waals surface area (Å²) >= 11 is 4.81. The zero-order chi connectivity index (χ0) is 14.4. The van der Waals surface area contributed by atoms with Gasteiger partial charge in [-0.1, -0.05) is 42.5 Å². The summed E-state index contributed by atoms with van der Waals surface area (Å²) in [5.41, 5.74) is 6.55. The van der Waals surface area contributed by atoms with E-state index in [1.807, 2.05) is 60.7 Å². The van der Waals surface area contributed by atoms with E-state index in [4.69, 9.17) is 28.0 Å². The first-order valence-electron chi connectivity index (χ1n) is 5.93. The minimum absolute atomic E-state index is 0.0851. The third-order valence-corrected chi connectivity index (χ3v) is 2.75. The molecule has 0 radical (unpaired) electrons. The first kappa shape index (κ1) is 13.8. The Balaban J connectivity index is 2.25. The van der Waals surface area contributed by atoms with E-state index in [-0.39, 0.29) is 10.6 Å². The van der Waals surface area contributed by atoms with Gasteiger partial charge in [0, 0.05) is 0 Å². The monoisotopic (exact) mass is 280 g/mol. The molecule has 0 spiro atoms. The SMILES string of the molecule is N#C/C(=C\c1cccc(Oc2ccccc2)c1)C(N)=S. The Hall–Kier alpha value is -2.64. The van der Waals surface area contributed by atoms with Crippen molar-refractivity contribution in [3.05, 3.63) is 65.7 Å². The molecule has 0 saturated carbocycles. The first-order valence-corrected chi connectivity index (χ1v) is 6.34. The lowest BCUT2D eigenvalue weighted by Crippen LogP contribution is -2.09. The Kier molecular flexibility index (Phi) is 4.48. The number of para-hydroxylation sites is 1. The van der Waals surface area contributed by atoms with Gasteiger partial charge in [-0.05, 0) is 35.9 Å². The number of ether oxygens (including phenoxy) is 1. The van der Waals surface area contributed by atoms with E-state index in [1.165, 1.54) is 0 Å². The van der Waals surface area contributed by atoms with Crippen LogP contribution in [0.1, 0.15) is 5.56 Å². The van der Waals surface area contributed by atoms with Crippen LogP contribution in [-0.2, 0) is 0 Å². The lowest BCUT2D eigenvalue weighted by molar-refractivity contribution is 0.482. The highest BCUT2D eigenvalue weighted by Crippen LogP contribution is 2.22. The molecule has 0 fully saturated rings. The van der Waals surface area contributed by atoms with Crippen LogP contribution in [0.25, 0.3) is 6.08 Å². The number of hydrogen-bond acceptors (Lipinski definition) is 3. The third kappa shape index (κ3) is 3.67. The van der Waals surface area contributed by atoms with E-state index in [2.05, 4.69) is 0 Å². The molecule has 0 unspecified atom stereocenters. The largest absolute Gasteiger partial charge is 0.457 e. The number of thiocarbonyl (C=S) groups is 1. The molecule has 2 rings (SSSR count). The Labute approximate surface area is 122 Å². The minimum atomic E-state index is 0.0851. The molecule has 0 aliphatic rings. The van der Waals surface area contributed by atoms with Crippen LogP contribution in [0.4, 0.5) is 0 Å². The molecule has 98 valence electrons. The maximum atomic E-state index is 8.95. The summed E-state index contributed by atoms with van der Waals surface area (Å²) in [6, 6.07) is 18.8. The van der Waals surface area contributed by atoms with Gasteiger partial charge in [0.15, 0.2) is 0 Å². The maximum Gasteiger partial charge on any atom is 0.128 e. The van der Waals surface area contributed by atoms with Gasteiger partial charge in [-0.25, -0.2) is 0 Å². The van der Waals surface area contributed by atoms with Gasteiger partial charge in [0.2, 0.25) is 0 Å². The number of nitriles is 1. The van der Waals surface area contributed by atoms with Gasteiger partial charge >= 0.3 is 0 Å². The maximum absolute atomic E-state index is 8.95. The fraction of sp³-hybridized carbons (Fsp3) is 0. The summed E-state index contributed by atoms with van der Waals surface area (Å²) in [6.45, 7) is 0. The summed E-state index contributed by atoms with van der Waals surface area (Å²) in [5.74, 6) is 1.44. The lowest BCUT2D eigenvalue weighted by atomic mass is 10.1. The molecule has 0 amide bonds. The van der Waals surface area contributed by atoms with Crippen LogP contribution in [0.15, 0.2) is 60.2 Å². The van der Waals surface area contributed by atoms with Crippen molar-refractivity contribution >= 4 is 23.3 Å². The molecule has 0 atom stereocenters. The molecule has 20 heavy (non-hydrogen) atoms. The van der Waals surface area contributed by atoms with Crippen LogP contribution < -0.4 is 10.5 Å². The number of rotatable bonds is 4. The molecule has 4 heteroatoms. The van der Waals surface area contributed by atoms with Crippen molar-refractivity contribution in [2.75, 3.05) is 0 Å². The van der Waals surface area contributed by atoms with Crippen LogP contribution in [-0.4, -0.2) is 4.99 Å². The average molecular weight is 280 g/mol. The number of nitrogens with two attached hydrogens (primary N) is 1. The fourth-order valence-corrected chi connectivity index (χ4v) is 1.72. The number of hydrogen-bond donors (Lipinski definition) is 1. The Morgan fingerprint density at radius 1 is 1.10 bits per heavy atom. The molecule has 2 N–H and O–H groups in total. The minimum Gasteiger partial charge on any atom is -0.457 e. The van der Waals surface area contributed by atoms with Gasteiger partial charge in [0.05, 0.1) is 5.57 Å². The van der Waals surface area contributed by atoms with Crippen molar-refractivity contribution in [3.8, 4) is 17.6 Å². The standard InChI is InChI=1S/C16H12N2OS/c17-11-13(16(18)20)9-12-5-4-8-15(10-12)19-14-6-2-1-3-7-14/h1-10H,(H2,18,20)/b13-9+. The van der Waals surface area contributed by atoms with Gasteiger partial charge in [0.1, 0.15) is 22.6 Å². The topological polar surface area (TPSA) is 59.0 Å². The molecule has 0 aliphatic heterocycles. The number of benzene rings is 2. The Morgan fingerprint density at radius 3 is 2.45 bits per heavy atom. The quantitative estimate of drug-likeness (QED) is 0.527. The molecule has 2 aromatic rings. The predicted octanol–water partition coefficient (Wildman–Crippen LogP) is 3.67. The Morgan fingerprint density at radius 2 is 1.80 bits per heavy atom. The van der Waals surface area contributed by atoms with E-state index < -0.39 is 0 Å². The van der Waals surface area contributed by atoms with Gasteiger partial charge in [-0.3, -0.25) is 0 Å². The molecule has 0 bridgehead atoms. The highest BCUT2D eigenvalue weighted by atomic mass is 32.1. The molecule has 2 aromatic carbocycles. The van der Waals surface area contributed by atoms with E-state index in [1.54, 1.807) is 6.08 Å². The predicted molar refractivity (Wildman–Crippen MR) is 83.3 cm³/mol. The van der Waals surface area contributed by atoms with Crippen LogP contribution in [0.5, 0.6) is 11.5 Å². The van der Waals surface area contributed by atoms with Crippen molar-refractivity contribution in [2.45, 2.75) is 0 Å². The second kappa shape index (κ2) is 6.50. The molecule has 0 aliphatic carbocycles. The molecular weight excluding hydrogens is 268 g/mol. The van der Waals surface area contributed by atoms with Crippen LogP contribution in [0, 0.1) is 11.3 Å². The first-order chi connectivity index (χ1) is 9.69. The second-order valence-corrected chi connectivity index (χ2v) is 4.46. The Bertz CT molecular complexity index is 687. The summed E-state index contributed by atoms with van der Waals surface area (Å²) in [7, 11) is 0. The van der Waals surface area contributed by atoms with E-state index in [0.29, 0.717) is 5.75 Å². The van der Waals surface area contributed by atoms with Gasteiger partial charge in [-0.2, -0.15) is 5.26 Å². The van der Waals surface area contributed by atoms with Crippen LogP contribution in [0.3, 0.4) is 0 Å². The van der Waals surface area contributed by atoms with E-state index >= 15 is 0 Å².